The maximum atomic E-state index is 12.2. The van der Waals surface area contributed by atoms with Crippen molar-refractivity contribution in [1.29, 1.82) is 0 Å². The molecule has 23 heavy (non-hydrogen) atoms. The first-order chi connectivity index (χ1) is 11.3. The molecule has 0 aliphatic rings. The van der Waals surface area contributed by atoms with Gasteiger partial charge in [0.2, 0.25) is 5.76 Å². The van der Waals surface area contributed by atoms with Crippen LogP contribution < -0.4 is 0 Å². The van der Waals surface area contributed by atoms with Gasteiger partial charge in [-0.25, -0.2) is 4.79 Å². The Morgan fingerprint density at radius 2 is 2.09 bits per heavy atom. The summed E-state index contributed by atoms with van der Waals surface area (Å²) in [6.45, 7) is 0.0303. The van der Waals surface area contributed by atoms with E-state index in [-0.39, 0.29) is 6.61 Å². The second-order valence-electron chi connectivity index (χ2n) is 4.98. The lowest BCUT2D eigenvalue weighted by Crippen LogP contribution is -2.04. The SMILES string of the molecule is O=C(OCc1cc(-c2ccco2)on1)c1c[nH]c2ccccc12. The fraction of sp³-hybridized carbons (Fsp3) is 0.0588. The van der Waals surface area contributed by atoms with Crippen LogP contribution in [-0.2, 0) is 11.3 Å². The molecule has 3 aromatic heterocycles. The van der Waals surface area contributed by atoms with Gasteiger partial charge in [0.1, 0.15) is 12.3 Å². The second-order valence-corrected chi connectivity index (χ2v) is 4.98. The van der Waals surface area contributed by atoms with E-state index in [0.717, 1.165) is 10.9 Å². The average molecular weight is 308 g/mol. The van der Waals surface area contributed by atoms with Crippen LogP contribution >= 0.6 is 0 Å². The third-order valence-electron chi connectivity index (χ3n) is 3.48. The largest absolute Gasteiger partial charge is 0.461 e. The number of rotatable bonds is 4. The Hall–Kier alpha value is -3.28. The molecule has 6 heteroatoms. The molecule has 0 radical (unpaired) electrons. The maximum absolute atomic E-state index is 12.2. The van der Waals surface area contributed by atoms with Crippen LogP contribution in [0.2, 0.25) is 0 Å². The first kappa shape index (κ1) is 13.4. The van der Waals surface area contributed by atoms with Crippen LogP contribution in [0.4, 0.5) is 0 Å². The lowest BCUT2D eigenvalue weighted by molar-refractivity contribution is 0.0466. The van der Waals surface area contributed by atoms with Gasteiger partial charge in [0.05, 0.1) is 11.8 Å². The average Bonchev–Trinajstić information content (AvgIpc) is 3.31. The first-order valence-corrected chi connectivity index (χ1v) is 7.04. The van der Waals surface area contributed by atoms with E-state index in [0.29, 0.717) is 22.8 Å². The molecule has 3 heterocycles. The topological polar surface area (TPSA) is 81.3 Å². The Kier molecular flexibility index (Phi) is 3.20. The summed E-state index contributed by atoms with van der Waals surface area (Å²) in [5.74, 6) is 0.657. The number of esters is 1. The van der Waals surface area contributed by atoms with Crippen molar-refractivity contribution >= 4 is 16.9 Å². The van der Waals surface area contributed by atoms with Crippen molar-refractivity contribution in [3.8, 4) is 11.5 Å². The van der Waals surface area contributed by atoms with Gasteiger partial charge in [-0.3, -0.25) is 0 Å². The molecule has 0 amide bonds. The number of carbonyl (C=O) groups excluding carboxylic acids is 1. The van der Waals surface area contributed by atoms with Crippen molar-refractivity contribution in [1.82, 2.24) is 10.1 Å². The summed E-state index contributed by atoms with van der Waals surface area (Å²) >= 11 is 0. The van der Waals surface area contributed by atoms with E-state index in [9.17, 15) is 4.79 Å². The summed E-state index contributed by atoms with van der Waals surface area (Å²) in [5, 5.41) is 4.70. The van der Waals surface area contributed by atoms with E-state index in [1.165, 1.54) is 0 Å². The number of hydrogen-bond acceptors (Lipinski definition) is 5. The summed E-state index contributed by atoms with van der Waals surface area (Å²) < 4.78 is 15.7. The fourth-order valence-corrected chi connectivity index (χ4v) is 2.37. The lowest BCUT2D eigenvalue weighted by Gasteiger charge is -2.00. The number of aromatic nitrogens is 2. The van der Waals surface area contributed by atoms with Crippen molar-refractivity contribution < 1.29 is 18.5 Å². The molecule has 4 rings (SSSR count). The Labute approximate surface area is 130 Å². The number of furan rings is 1. The molecule has 0 aliphatic heterocycles. The van der Waals surface area contributed by atoms with Gasteiger partial charge >= 0.3 is 5.97 Å². The molecule has 0 unspecified atom stereocenters. The number of fused-ring (bicyclic) bond motifs is 1. The van der Waals surface area contributed by atoms with E-state index < -0.39 is 5.97 Å². The minimum atomic E-state index is -0.412. The second kappa shape index (κ2) is 5.49. The molecule has 0 fully saturated rings. The number of carbonyl (C=O) groups is 1. The Morgan fingerprint density at radius 1 is 1.17 bits per heavy atom. The summed E-state index contributed by atoms with van der Waals surface area (Å²) in [5.41, 5.74) is 1.90. The van der Waals surface area contributed by atoms with Gasteiger partial charge in [0, 0.05) is 23.2 Å². The summed E-state index contributed by atoms with van der Waals surface area (Å²) in [6.07, 6.45) is 3.19. The minimum Gasteiger partial charge on any atom is -0.461 e. The van der Waals surface area contributed by atoms with Crippen molar-refractivity contribution in [3.63, 3.8) is 0 Å². The standard InChI is InChI=1S/C17H12N2O4/c20-17(13-9-18-14-5-2-1-4-12(13)14)22-10-11-8-16(23-19-11)15-6-3-7-21-15/h1-9,18H,10H2. The lowest BCUT2D eigenvalue weighted by atomic mass is 10.2. The highest BCUT2D eigenvalue weighted by molar-refractivity contribution is 6.03. The molecule has 0 spiro atoms. The highest BCUT2D eigenvalue weighted by atomic mass is 16.5. The maximum Gasteiger partial charge on any atom is 0.340 e. The highest BCUT2D eigenvalue weighted by Gasteiger charge is 2.15. The number of ether oxygens (including phenoxy) is 1. The van der Waals surface area contributed by atoms with Gasteiger partial charge in [0.25, 0.3) is 0 Å². The van der Waals surface area contributed by atoms with Crippen LogP contribution in [-0.4, -0.2) is 16.1 Å². The van der Waals surface area contributed by atoms with Gasteiger partial charge < -0.3 is 18.7 Å². The van der Waals surface area contributed by atoms with E-state index in [4.69, 9.17) is 13.7 Å². The molecule has 1 N–H and O–H groups in total. The number of para-hydroxylation sites is 1. The quantitative estimate of drug-likeness (QED) is 0.580. The van der Waals surface area contributed by atoms with Crippen LogP contribution in [0, 0.1) is 0 Å². The monoisotopic (exact) mass is 308 g/mol. The smallest absolute Gasteiger partial charge is 0.340 e. The van der Waals surface area contributed by atoms with Gasteiger partial charge in [-0.1, -0.05) is 23.4 Å². The summed E-state index contributed by atoms with van der Waals surface area (Å²) in [7, 11) is 0. The molecule has 0 atom stereocenters. The van der Waals surface area contributed by atoms with Crippen molar-refractivity contribution in [2.75, 3.05) is 0 Å². The Morgan fingerprint density at radius 3 is 2.96 bits per heavy atom. The summed E-state index contributed by atoms with van der Waals surface area (Å²) in [4.78, 5) is 15.3. The third kappa shape index (κ3) is 2.50. The van der Waals surface area contributed by atoms with Crippen LogP contribution in [0.15, 0.2) is 63.9 Å². The number of hydrogen-bond donors (Lipinski definition) is 1. The van der Waals surface area contributed by atoms with Crippen molar-refractivity contribution in [2.45, 2.75) is 6.61 Å². The molecular formula is C17H12N2O4. The zero-order chi connectivity index (χ0) is 15.6. The van der Waals surface area contributed by atoms with Crippen LogP contribution in [0.3, 0.4) is 0 Å². The first-order valence-electron chi connectivity index (χ1n) is 7.04. The van der Waals surface area contributed by atoms with Crippen molar-refractivity contribution in [2.24, 2.45) is 0 Å². The molecule has 1 aromatic carbocycles. The van der Waals surface area contributed by atoms with Crippen LogP contribution in [0.1, 0.15) is 16.1 Å². The number of H-pyrrole nitrogens is 1. The van der Waals surface area contributed by atoms with Gasteiger partial charge in [-0.2, -0.15) is 0 Å². The van der Waals surface area contributed by atoms with Crippen LogP contribution in [0.25, 0.3) is 22.4 Å². The summed E-state index contributed by atoms with van der Waals surface area (Å²) in [6, 6.07) is 12.8. The molecule has 0 bridgehead atoms. The molecule has 4 aromatic rings. The zero-order valence-electron chi connectivity index (χ0n) is 12.0. The fourth-order valence-electron chi connectivity index (χ4n) is 2.37. The number of nitrogens with one attached hydrogen (secondary N) is 1. The Balaban J connectivity index is 1.48. The molecule has 114 valence electrons. The number of nitrogens with zero attached hydrogens (tertiary/aromatic N) is 1. The van der Waals surface area contributed by atoms with E-state index in [2.05, 4.69) is 10.1 Å². The highest BCUT2D eigenvalue weighted by Crippen LogP contribution is 2.22. The molecule has 0 aliphatic carbocycles. The molecule has 6 nitrogen and oxygen atoms in total. The molecule has 0 saturated carbocycles. The van der Waals surface area contributed by atoms with Crippen LogP contribution in [0.5, 0.6) is 0 Å². The van der Waals surface area contributed by atoms with E-state index in [1.54, 1.807) is 30.7 Å². The van der Waals surface area contributed by atoms with Gasteiger partial charge in [-0.15, -0.1) is 0 Å². The van der Waals surface area contributed by atoms with E-state index in [1.807, 2.05) is 24.3 Å². The molecular weight excluding hydrogens is 296 g/mol. The van der Waals surface area contributed by atoms with Crippen molar-refractivity contribution in [3.05, 3.63) is 66.2 Å². The predicted molar refractivity (Wildman–Crippen MR) is 81.6 cm³/mol. The van der Waals surface area contributed by atoms with Gasteiger partial charge in [-0.05, 0) is 18.2 Å². The predicted octanol–water partition coefficient (Wildman–Crippen LogP) is 3.77. The molecule has 0 saturated heterocycles. The Bertz CT molecular complexity index is 950. The van der Waals surface area contributed by atoms with Gasteiger partial charge in [0.15, 0.2) is 5.76 Å². The minimum absolute atomic E-state index is 0.0303. The third-order valence-corrected chi connectivity index (χ3v) is 3.48. The normalized spacial score (nSPS) is 11.0. The number of aromatic amines is 1. The van der Waals surface area contributed by atoms with E-state index >= 15 is 0 Å². The zero-order valence-corrected chi connectivity index (χ0v) is 12.0. The number of benzene rings is 1.